The minimum Gasteiger partial charge on any atom is -0.455 e. The number of likely N-dealkylation sites (tertiary alicyclic amines) is 1. The molecule has 0 saturated carbocycles. The Morgan fingerprint density at radius 3 is 2.80 bits per heavy atom. The highest BCUT2D eigenvalue weighted by Crippen LogP contribution is 2.35. The van der Waals surface area contributed by atoms with Gasteiger partial charge in [-0.3, -0.25) is 9.59 Å². The molecule has 1 aliphatic carbocycles. The van der Waals surface area contributed by atoms with Crippen molar-refractivity contribution >= 4 is 11.7 Å². The van der Waals surface area contributed by atoms with Gasteiger partial charge in [-0.25, -0.2) is 0 Å². The van der Waals surface area contributed by atoms with Crippen molar-refractivity contribution in [2.45, 2.75) is 51.5 Å². The molecule has 0 bridgehead atoms. The van der Waals surface area contributed by atoms with Gasteiger partial charge in [0.15, 0.2) is 11.5 Å². The maximum Gasteiger partial charge on any atom is 0.290 e. The van der Waals surface area contributed by atoms with Crippen LogP contribution in [0.2, 0.25) is 0 Å². The first-order valence-corrected chi connectivity index (χ1v) is 9.15. The minimum atomic E-state index is -0.0781. The Balaban J connectivity index is 1.70. The molecule has 1 saturated heterocycles. The van der Waals surface area contributed by atoms with Gasteiger partial charge in [-0.05, 0) is 44.7 Å². The van der Waals surface area contributed by atoms with Crippen LogP contribution in [0, 0.1) is 6.92 Å². The molecule has 0 spiro atoms. The molecular weight excluding hydrogens is 316 g/mol. The zero-order chi connectivity index (χ0) is 17.6. The average molecular weight is 340 g/mol. The van der Waals surface area contributed by atoms with Gasteiger partial charge < -0.3 is 13.9 Å². The van der Waals surface area contributed by atoms with Gasteiger partial charge in [-0.15, -0.1) is 0 Å². The fourth-order valence-corrected chi connectivity index (χ4v) is 4.29. The molecule has 2 aromatic heterocycles. The van der Waals surface area contributed by atoms with Gasteiger partial charge in [0.2, 0.25) is 0 Å². The van der Waals surface area contributed by atoms with E-state index < -0.39 is 0 Å². The molecule has 3 heterocycles. The number of carbonyl (C=O) groups excluding carboxylic acids is 2. The summed E-state index contributed by atoms with van der Waals surface area (Å²) in [6.07, 6.45) is 7.20. The van der Waals surface area contributed by atoms with Gasteiger partial charge in [-0.1, -0.05) is 0 Å². The Morgan fingerprint density at radius 1 is 1.24 bits per heavy atom. The summed E-state index contributed by atoms with van der Waals surface area (Å²) in [6.45, 7) is 2.58. The number of furan rings is 1. The third kappa shape index (κ3) is 2.62. The summed E-state index contributed by atoms with van der Waals surface area (Å²) in [5.41, 5.74) is 2.53. The van der Waals surface area contributed by atoms with Crippen molar-refractivity contribution in [1.82, 2.24) is 9.47 Å². The lowest BCUT2D eigenvalue weighted by molar-refractivity contribution is 0.0566. The zero-order valence-corrected chi connectivity index (χ0v) is 14.9. The Hall–Kier alpha value is -2.30. The lowest BCUT2D eigenvalue weighted by Crippen LogP contribution is -2.39. The number of hydrogen-bond donors (Lipinski definition) is 0. The Bertz CT molecular complexity index is 830. The molecule has 0 N–H and O–H groups in total. The minimum absolute atomic E-state index is 0.0680. The lowest BCUT2D eigenvalue weighted by Gasteiger charge is -2.35. The molecule has 1 fully saturated rings. The van der Waals surface area contributed by atoms with E-state index in [0.29, 0.717) is 23.5 Å². The normalized spacial score (nSPS) is 20.6. The molecule has 25 heavy (non-hydrogen) atoms. The monoisotopic (exact) mass is 340 g/mol. The number of ketones is 1. The van der Waals surface area contributed by atoms with Crippen LogP contribution in [0.25, 0.3) is 0 Å². The van der Waals surface area contributed by atoms with Crippen molar-refractivity contribution < 1.29 is 14.0 Å². The van der Waals surface area contributed by atoms with Gasteiger partial charge in [-0.2, -0.15) is 0 Å². The van der Waals surface area contributed by atoms with Crippen molar-refractivity contribution in [3.05, 3.63) is 46.7 Å². The number of amides is 1. The van der Waals surface area contributed by atoms with Crippen LogP contribution >= 0.6 is 0 Å². The molecule has 4 rings (SSSR count). The number of nitrogens with zero attached hydrogens (tertiary/aromatic N) is 2. The Labute approximate surface area is 147 Å². The first-order valence-electron chi connectivity index (χ1n) is 9.15. The number of piperidine rings is 1. The van der Waals surface area contributed by atoms with Gasteiger partial charge in [0, 0.05) is 43.9 Å². The van der Waals surface area contributed by atoms with Crippen LogP contribution in [-0.4, -0.2) is 27.7 Å². The van der Waals surface area contributed by atoms with E-state index in [1.54, 1.807) is 0 Å². The number of rotatable bonds is 2. The molecular formula is C20H24N2O3. The highest BCUT2D eigenvalue weighted by Gasteiger charge is 2.35. The molecule has 0 aromatic carbocycles. The van der Waals surface area contributed by atoms with E-state index in [1.807, 2.05) is 31.1 Å². The number of fused-ring (bicyclic) bond motifs is 1. The van der Waals surface area contributed by atoms with E-state index in [-0.39, 0.29) is 17.7 Å². The molecule has 2 aliphatic rings. The van der Waals surface area contributed by atoms with E-state index in [2.05, 4.69) is 10.6 Å². The van der Waals surface area contributed by atoms with Crippen LogP contribution in [0.4, 0.5) is 0 Å². The molecule has 2 aromatic rings. The van der Waals surface area contributed by atoms with Crippen LogP contribution in [0.15, 0.2) is 22.7 Å². The van der Waals surface area contributed by atoms with Crippen molar-refractivity contribution in [1.29, 1.82) is 0 Å². The van der Waals surface area contributed by atoms with Gasteiger partial charge >= 0.3 is 0 Å². The number of aromatic nitrogens is 1. The molecule has 1 atom stereocenters. The van der Waals surface area contributed by atoms with Crippen molar-refractivity contribution in [3.63, 3.8) is 0 Å². The fraction of sp³-hybridized carbons (Fsp3) is 0.500. The molecule has 0 unspecified atom stereocenters. The van der Waals surface area contributed by atoms with Crippen molar-refractivity contribution in [2.24, 2.45) is 7.05 Å². The predicted molar refractivity (Wildman–Crippen MR) is 93.8 cm³/mol. The summed E-state index contributed by atoms with van der Waals surface area (Å²) < 4.78 is 7.98. The highest BCUT2D eigenvalue weighted by molar-refractivity contribution is 6.03. The molecule has 5 heteroatoms. The van der Waals surface area contributed by atoms with Gasteiger partial charge in [0.05, 0.1) is 11.6 Å². The summed E-state index contributed by atoms with van der Waals surface area (Å²) >= 11 is 0. The van der Waals surface area contributed by atoms with E-state index >= 15 is 0 Å². The Morgan fingerprint density at radius 2 is 2.08 bits per heavy atom. The maximum atomic E-state index is 13.3. The van der Waals surface area contributed by atoms with Gasteiger partial charge in [0.25, 0.3) is 5.91 Å². The second-order valence-electron chi connectivity index (χ2n) is 7.19. The highest BCUT2D eigenvalue weighted by atomic mass is 16.4. The van der Waals surface area contributed by atoms with Gasteiger partial charge in [0.1, 0.15) is 5.76 Å². The SMILES string of the molecule is Cc1c(C(=O)N2CCCC[C@@H]2c2cccn2C)oc2c1C(=O)CCC2. The van der Waals surface area contributed by atoms with E-state index in [0.717, 1.165) is 49.9 Å². The second kappa shape index (κ2) is 6.21. The fourth-order valence-electron chi connectivity index (χ4n) is 4.29. The summed E-state index contributed by atoms with van der Waals surface area (Å²) in [4.78, 5) is 27.4. The molecule has 132 valence electrons. The summed E-state index contributed by atoms with van der Waals surface area (Å²) in [5, 5.41) is 0. The molecule has 0 radical (unpaired) electrons. The second-order valence-corrected chi connectivity index (χ2v) is 7.19. The number of Topliss-reactive ketones (excluding diaryl/α,β-unsaturated/α-hetero) is 1. The first-order chi connectivity index (χ1) is 12.1. The average Bonchev–Trinajstić information content (AvgIpc) is 3.18. The van der Waals surface area contributed by atoms with Crippen molar-refractivity contribution in [2.75, 3.05) is 6.54 Å². The first kappa shape index (κ1) is 16.2. The number of hydrogen-bond acceptors (Lipinski definition) is 3. The van der Waals surface area contributed by atoms with Crippen LogP contribution in [0.5, 0.6) is 0 Å². The summed E-state index contributed by atoms with van der Waals surface area (Å²) in [6, 6.07) is 4.17. The largest absolute Gasteiger partial charge is 0.455 e. The van der Waals surface area contributed by atoms with Crippen LogP contribution in [-0.2, 0) is 13.5 Å². The number of carbonyl (C=O) groups is 2. The van der Waals surface area contributed by atoms with Crippen molar-refractivity contribution in [3.8, 4) is 0 Å². The number of aryl methyl sites for hydroxylation is 2. The topological polar surface area (TPSA) is 55.5 Å². The quantitative estimate of drug-likeness (QED) is 0.835. The predicted octanol–water partition coefficient (Wildman–Crippen LogP) is 3.81. The smallest absolute Gasteiger partial charge is 0.290 e. The summed E-state index contributed by atoms with van der Waals surface area (Å²) in [5.74, 6) is 1.09. The standard InChI is InChI=1S/C20H24N2O3/c1-13-18-16(23)9-5-10-17(18)25-19(13)20(24)22-12-4-3-7-15(22)14-8-6-11-21(14)2/h6,8,11,15H,3-5,7,9-10,12H2,1-2H3/t15-/m1/s1. The zero-order valence-electron chi connectivity index (χ0n) is 14.9. The Kier molecular flexibility index (Phi) is 4.02. The van der Waals surface area contributed by atoms with E-state index in [1.165, 1.54) is 0 Å². The van der Waals surface area contributed by atoms with E-state index in [9.17, 15) is 9.59 Å². The lowest BCUT2D eigenvalue weighted by atomic mass is 9.93. The maximum absolute atomic E-state index is 13.3. The molecule has 5 nitrogen and oxygen atoms in total. The van der Waals surface area contributed by atoms with Crippen LogP contribution < -0.4 is 0 Å². The summed E-state index contributed by atoms with van der Waals surface area (Å²) in [7, 11) is 2.02. The third-order valence-electron chi connectivity index (χ3n) is 5.59. The van der Waals surface area contributed by atoms with Crippen LogP contribution in [0.1, 0.15) is 76.1 Å². The molecule has 1 amide bonds. The molecule has 1 aliphatic heterocycles. The third-order valence-corrected chi connectivity index (χ3v) is 5.59. The van der Waals surface area contributed by atoms with Crippen LogP contribution in [0.3, 0.4) is 0 Å². The van der Waals surface area contributed by atoms with E-state index in [4.69, 9.17) is 4.42 Å².